The molecule has 1 aromatic carbocycles. The second-order valence-electron chi connectivity index (χ2n) is 5.72. The maximum atomic E-state index is 12.6. The summed E-state index contributed by atoms with van der Waals surface area (Å²) in [6, 6.07) is 5.03. The van der Waals surface area contributed by atoms with Crippen molar-refractivity contribution in [2.45, 2.75) is 45.8 Å². The zero-order valence-electron chi connectivity index (χ0n) is 13.1. The number of ether oxygens (including phenoxy) is 2. The van der Waals surface area contributed by atoms with Crippen LogP contribution in [0.3, 0.4) is 0 Å². The highest BCUT2D eigenvalue weighted by Gasteiger charge is 2.42. The summed E-state index contributed by atoms with van der Waals surface area (Å²) >= 11 is 0. The predicted molar refractivity (Wildman–Crippen MR) is 79.7 cm³/mol. The van der Waals surface area contributed by atoms with Gasteiger partial charge >= 0.3 is 5.97 Å². The van der Waals surface area contributed by atoms with Crippen LogP contribution in [0.5, 0.6) is 5.75 Å². The summed E-state index contributed by atoms with van der Waals surface area (Å²) in [6.45, 7) is 7.50. The molecule has 1 amide bonds. The highest BCUT2D eigenvalue weighted by Crippen LogP contribution is 2.40. The first-order valence-electron chi connectivity index (χ1n) is 7.07. The van der Waals surface area contributed by atoms with Crippen LogP contribution >= 0.6 is 0 Å². The molecule has 0 saturated carbocycles. The molecule has 1 heterocycles. The minimum absolute atomic E-state index is 0.0207. The second-order valence-corrected chi connectivity index (χ2v) is 5.72. The molecular formula is C16H21NO4. The van der Waals surface area contributed by atoms with E-state index in [1.165, 1.54) is 7.11 Å². The van der Waals surface area contributed by atoms with Crippen LogP contribution in [0.25, 0.3) is 0 Å². The molecule has 0 spiro atoms. The maximum Gasteiger partial charge on any atom is 0.337 e. The number of carbonyl (C=O) groups is 2. The van der Waals surface area contributed by atoms with Crippen molar-refractivity contribution >= 4 is 17.6 Å². The average molecular weight is 291 g/mol. The van der Waals surface area contributed by atoms with Crippen molar-refractivity contribution in [2.24, 2.45) is 0 Å². The van der Waals surface area contributed by atoms with Gasteiger partial charge < -0.3 is 14.4 Å². The Kier molecular flexibility index (Phi) is 3.94. The van der Waals surface area contributed by atoms with Crippen molar-refractivity contribution in [3.05, 3.63) is 23.8 Å². The Hall–Kier alpha value is -2.04. The zero-order valence-corrected chi connectivity index (χ0v) is 13.1. The van der Waals surface area contributed by atoms with Crippen LogP contribution in [0.2, 0.25) is 0 Å². The summed E-state index contributed by atoms with van der Waals surface area (Å²) in [5, 5.41) is 0. The van der Waals surface area contributed by atoms with Crippen LogP contribution < -0.4 is 9.64 Å². The van der Waals surface area contributed by atoms with Crippen LogP contribution in [-0.4, -0.2) is 30.6 Å². The fourth-order valence-electron chi connectivity index (χ4n) is 2.37. The van der Waals surface area contributed by atoms with Gasteiger partial charge in [-0.25, -0.2) is 4.79 Å². The molecule has 1 atom stereocenters. The average Bonchev–Trinajstić information content (AvgIpc) is 2.46. The first-order valence-corrected chi connectivity index (χ1v) is 7.07. The minimum Gasteiger partial charge on any atom is -0.476 e. The van der Waals surface area contributed by atoms with Crippen molar-refractivity contribution in [1.82, 2.24) is 0 Å². The molecule has 0 N–H and O–H groups in total. The Balaban J connectivity index is 2.56. The number of fused-ring (bicyclic) bond motifs is 1. The summed E-state index contributed by atoms with van der Waals surface area (Å²) in [4.78, 5) is 26.0. The summed E-state index contributed by atoms with van der Waals surface area (Å²) in [6.07, 6.45) is 0.809. The summed E-state index contributed by atoms with van der Waals surface area (Å²) < 4.78 is 10.5. The molecule has 5 heteroatoms. The molecular weight excluding hydrogens is 270 g/mol. The number of anilines is 1. The van der Waals surface area contributed by atoms with Gasteiger partial charge in [-0.15, -0.1) is 0 Å². The fraction of sp³-hybridized carbons (Fsp3) is 0.500. The Morgan fingerprint density at radius 1 is 1.43 bits per heavy atom. The molecule has 0 aromatic heterocycles. The van der Waals surface area contributed by atoms with Crippen molar-refractivity contribution in [1.29, 1.82) is 0 Å². The SMILES string of the molecule is CCC(C)N1C(=O)C(C)(C)Oc2ccc(C(=O)OC)cc21. The molecule has 1 unspecified atom stereocenters. The molecule has 1 aromatic rings. The Labute approximate surface area is 124 Å². The smallest absolute Gasteiger partial charge is 0.337 e. The third-order valence-electron chi connectivity index (χ3n) is 3.77. The minimum atomic E-state index is -0.913. The van der Waals surface area contributed by atoms with Gasteiger partial charge in [0.2, 0.25) is 0 Å². The van der Waals surface area contributed by atoms with E-state index in [0.29, 0.717) is 17.0 Å². The molecule has 114 valence electrons. The van der Waals surface area contributed by atoms with E-state index in [-0.39, 0.29) is 11.9 Å². The normalized spacial score (nSPS) is 17.8. The quantitative estimate of drug-likeness (QED) is 0.804. The molecule has 1 aliphatic heterocycles. The molecule has 2 rings (SSSR count). The van der Waals surface area contributed by atoms with Gasteiger partial charge in [-0.3, -0.25) is 4.79 Å². The number of amides is 1. The number of nitrogens with zero attached hydrogens (tertiary/aromatic N) is 1. The Bertz CT molecular complexity index is 580. The third-order valence-corrected chi connectivity index (χ3v) is 3.77. The van der Waals surface area contributed by atoms with Crippen molar-refractivity contribution in [2.75, 3.05) is 12.0 Å². The summed E-state index contributed by atoms with van der Waals surface area (Å²) in [5.41, 5.74) is 0.112. The van der Waals surface area contributed by atoms with E-state index in [0.717, 1.165) is 6.42 Å². The third kappa shape index (κ3) is 2.60. The van der Waals surface area contributed by atoms with Gasteiger partial charge in [-0.1, -0.05) is 6.92 Å². The monoisotopic (exact) mass is 291 g/mol. The number of hydrogen-bond donors (Lipinski definition) is 0. The number of carbonyl (C=O) groups excluding carboxylic acids is 2. The van der Waals surface area contributed by atoms with E-state index in [9.17, 15) is 9.59 Å². The highest BCUT2D eigenvalue weighted by molar-refractivity contribution is 6.04. The van der Waals surface area contributed by atoms with Gasteiger partial charge in [0.1, 0.15) is 5.75 Å². The number of esters is 1. The van der Waals surface area contributed by atoms with Gasteiger partial charge in [0.05, 0.1) is 18.4 Å². The molecule has 0 fully saturated rings. The molecule has 0 saturated heterocycles. The topological polar surface area (TPSA) is 55.8 Å². The number of rotatable bonds is 3. The lowest BCUT2D eigenvalue weighted by molar-refractivity contribution is -0.133. The molecule has 21 heavy (non-hydrogen) atoms. The molecule has 0 radical (unpaired) electrons. The maximum absolute atomic E-state index is 12.6. The lowest BCUT2D eigenvalue weighted by Crippen LogP contribution is -2.55. The molecule has 0 bridgehead atoms. The Morgan fingerprint density at radius 2 is 2.10 bits per heavy atom. The van der Waals surface area contributed by atoms with Crippen LogP contribution in [0.4, 0.5) is 5.69 Å². The van der Waals surface area contributed by atoms with Gasteiger partial charge in [-0.05, 0) is 45.4 Å². The molecule has 5 nitrogen and oxygen atoms in total. The van der Waals surface area contributed by atoms with Crippen molar-refractivity contribution in [3.8, 4) is 5.75 Å². The summed E-state index contributed by atoms with van der Waals surface area (Å²) in [7, 11) is 1.33. The molecule has 0 aliphatic carbocycles. The van der Waals surface area contributed by atoms with Crippen LogP contribution in [0.1, 0.15) is 44.5 Å². The number of methoxy groups -OCH3 is 1. The van der Waals surface area contributed by atoms with Gasteiger partial charge in [-0.2, -0.15) is 0 Å². The molecule has 1 aliphatic rings. The predicted octanol–water partition coefficient (Wildman–Crippen LogP) is 2.78. The highest BCUT2D eigenvalue weighted by atomic mass is 16.5. The van der Waals surface area contributed by atoms with E-state index in [2.05, 4.69) is 0 Å². The van der Waals surface area contributed by atoms with E-state index in [1.807, 2.05) is 13.8 Å². The van der Waals surface area contributed by atoms with Crippen LogP contribution in [-0.2, 0) is 9.53 Å². The lowest BCUT2D eigenvalue weighted by Gasteiger charge is -2.41. The van der Waals surface area contributed by atoms with Crippen LogP contribution in [0, 0.1) is 0 Å². The van der Waals surface area contributed by atoms with E-state index in [1.54, 1.807) is 36.9 Å². The number of hydrogen-bond acceptors (Lipinski definition) is 4. The largest absolute Gasteiger partial charge is 0.476 e. The van der Waals surface area contributed by atoms with Crippen molar-refractivity contribution in [3.63, 3.8) is 0 Å². The zero-order chi connectivity index (χ0) is 15.8. The first kappa shape index (κ1) is 15.4. The number of benzene rings is 1. The van der Waals surface area contributed by atoms with Crippen LogP contribution in [0.15, 0.2) is 18.2 Å². The van der Waals surface area contributed by atoms with Gasteiger partial charge in [0.15, 0.2) is 5.60 Å². The lowest BCUT2D eigenvalue weighted by atomic mass is 10.00. The first-order chi connectivity index (χ1) is 9.81. The Morgan fingerprint density at radius 3 is 2.67 bits per heavy atom. The van der Waals surface area contributed by atoms with E-state index in [4.69, 9.17) is 9.47 Å². The second kappa shape index (κ2) is 5.39. The fourth-order valence-corrected chi connectivity index (χ4v) is 2.37. The standard InChI is InChI=1S/C16H21NO4/c1-6-10(2)17-12-9-11(14(18)20-5)7-8-13(12)21-16(3,4)15(17)19/h7-10H,6H2,1-5H3. The van der Waals surface area contributed by atoms with Gasteiger partial charge in [0.25, 0.3) is 5.91 Å². The van der Waals surface area contributed by atoms with E-state index >= 15 is 0 Å². The van der Waals surface area contributed by atoms with E-state index < -0.39 is 11.6 Å². The van der Waals surface area contributed by atoms with Gasteiger partial charge in [0, 0.05) is 6.04 Å². The summed E-state index contributed by atoms with van der Waals surface area (Å²) in [5.74, 6) is 0.0677. The van der Waals surface area contributed by atoms with Crippen molar-refractivity contribution < 1.29 is 19.1 Å².